The van der Waals surface area contributed by atoms with E-state index in [0.717, 1.165) is 5.69 Å². The predicted octanol–water partition coefficient (Wildman–Crippen LogP) is 2.28. The predicted molar refractivity (Wildman–Crippen MR) is 51.6 cm³/mol. The second-order valence-corrected chi connectivity index (χ2v) is 2.30. The minimum Gasteiger partial charge on any atom is -0.399 e. The zero-order chi connectivity index (χ0) is 8.65. The summed E-state index contributed by atoms with van der Waals surface area (Å²) in [4.78, 5) is 2.86. The van der Waals surface area contributed by atoms with Gasteiger partial charge in [0.2, 0.25) is 0 Å². The molecule has 0 spiro atoms. The van der Waals surface area contributed by atoms with E-state index < -0.39 is 0 Å². The van der Waals surface area contributed by atoms with Crippen LogP contribution in [0, 0.1) is 0 Å². The van der Waals surface area contributed by atoms with Gasteiger partial charge in [0.05, 0.1) is 0 Å². The molecule has 0 aliphatic heterocycles. The van der Waals surface area contributed by atoms with Crippen molar-refractivity contribution >= 4 is 5.69 Å². The van der Waals surface area contributed by atoms with Crippen LogP contribution in [-0.2, 0) is 0 Å². The van der Waals surface area contributed by atoms with Crippen molar-refractivity contribution < 1.29 is 0 Å². The molecule has 2 aromatic rings. The normalized spacial score (nSPS) is 8.33. The number of H-pyrrole nitrogens is 1. The molecular weight excluding hydrogens is 148 g/mol. The van der Waals surface area contributed by atoms with Crippen LogP contribution in [0.2, 0.25) is 0 Å². The number of anilines is 1. The summed E-state index contributed by atoms with van der Waals surface area (Å²) in [5, 5.41) is 0. The standard InChI is InChI=1S/C6H7N.C4H5N/c7-6-4-2-1-3-5-6;1-2-4-5-3-1/h1-5H,7H2;1-5H. The lowest BCUT2D eigenvalue weighted by atomic mass is 10.3. The fourth-order valence-electron chi connectivity index (χ4n) is 0.731. The minimum atomic E-state index is 0.822. The van der Waals surface area contributed by atoms with Crippen LogP contribution in [0.4, 0.5) is 5.69 Å². The monoisotopic (exact) mass is 160 g/mol. The van der Waals surface area contributed by atoms with Crippen LogP contribution in [0.25, 0.3) is 0 Å². The van der Waals surface area contributed by atoms with E-state index in [1.54, 1.807) is 0 Å². The summed E-state index contributed by atoms with van der Waals surface area (Å²) in [7, 11) is 0. The second kappa shape index (κ2) is 5.02. The summed E-state index contributed by atoms with van der Waals surface area (Å²) in [6, 6.07) is 13.4. The van der Waals surface area contributed by atoms with Gasteiger partial charge in [0.15, 0.2) is 0 Å². The Balaban J connectivity index is 0.000000127. The average Bonchev–Trinajstić information content (AvgIpc) is 2.62. The highest BCUT2D eigenvalue weighted by Crippen LogP contribution is 1.95. The lowest BCUT2D eigenvalue weighted by Gasteiger charge is -1.83. The second-order valence-electron chi connectivity index (χ2n) is 2.30. The Morgan fingerprint density at radius 3 is 1.67 bits per heavy atom. The Labute approximate surface area is 72.0 Å². The van der Waals surface area contributed by atoms with E-state index in [2.05, 4.69) is 4.98 Å². The van der Waals surface area contributed by atoms with Gasteiger partial charge in [0.25, 0.3) is 0 Å². The summed E-state index contributed by atoms with van der Waals surface area (Å²) in [5.74, 6) is 0. The van der Waals surface area contributed by atoms with Gasteiger partial charge in [-0.25, -0.2) is 0 Å². The molecule has 62 valence electrons. The number of aromatic amines is 1. The van der Waals surface area contributed by atoms with Gasteiger partial charge in [0.1, 0.15) is 0 Å². The van der Waals surface area contributed by atoms with Crippen LogP contribution in [-0.4, -0.2) is 4.98 Å². The lowest BCUT2D eigenvalue weighted by Crippen LogP contribution is -1.79. The number of nitrogens with one attached hydrogen (secondary N) is 1. The molecule has 0 unspecified atom stereocenters. The number of nitrogens with two attached hydrogens (primary N) is 1. The van der Waals surface area contributed by atoms with Gasteiger partial charge < -0.3 is 10.7 Å². The Bertz CT molecular complexity index is 257. The quantitative estimate of drug-likeness (QED) is 0.570. The van der Waals surface area contributed by atoms with E-state index in [1.165, 1.54) is 0 Å². The molecule has 0 bridgehead atoms. The van der Waals surface area contributed by atoms with Gasteiger partial charge >= 0.3 is 0 Å². The molecule has 2 rings (SSSR count). The van der Waals surface area contributed by atoms with Gasteiger partial charge in [-0.1, -0.05) is 18.2 Å². The molecular formula is C10H12N2. The minimum absolute atomic E-state index is 0.822. The maximum absolute atomic E-state index is 5.36. The van der Waals surface area contributed by atoms with Crippen molar-refractivity contribution in [3.63, 3.8) is 0 Å². The van der Waals surface area contributed by atoms with Crippen molar-refractivity contribution in [3.05, 3.63) is 54.9 Å². The molecule has 0 fully saturated rings. The van der Waals surface area contributed by atoms with Gasteiger partial charge in [-0.3, -0.25) is 0 Å². The summed E-state index contributed by atoms with van der Waals surface area (Å²) in [6.07, 6.45) is 3.75. The SMILES string of the molecule is Nc1ccccc1.c1cc[nH]c1. The number of nitrogen functional groups attached to an aromatic ring is 1. The van der Waals surface area contributed by atoms with E-state index in [9.17, 15) is 0 Å². The lowest BCUT2D eigenvalue weighted by molar-refractivity contribution is 1.42. The van der Waals surface area contributed by atoms with Gasteiger partial charge in [-0.05, 0) is 24.3 Å². The first-order chi connectivity index (χ1) is 5.89. The van der Waals surface area contributed by atoms with Crippen molar-refractivity contribution in [3.8, 4) is 0 Å². The number of hydrogen-bond acceptors (Lipinski definition) is 1. The molecule has 1 heterocycles. The third kappa shape index (κ3) is 3.46. The fourth-order valence-corrected chi connectivity index (χ4v) is 0.731. The Morgan fingerprint density at radius 2 is 1.42 bits per heavy atom. The number of hydrogen-bond donors (Lipinski definition) is 2. The van der Waals surface area contributed by atoms with Crippen molar-refractivity contribution in [1.29, 1.82) is 0 Å². The fraction of sp³-hybridized carbons (Fsp3) is 0. The molecule has 0 saturated heterocycles. The molecule has 0 atom stereocenters. The van der Waals surface area contributed by atoms with Crippen molar-refractivity contribution in [1.82, 2.24) is 4.98 Å². The van der Waals surface area contributed by atoms with E-state index in [0.29, 0.717) is 0 Å². The Kier molecular flexibility index (Phi) is 3.51. The first-order valence-corrected chi connectivity index (χ1v) is 3.78. The number of aromatic nitrogens is 1. The molecule has 1 aromatic carbocycles. The van der Waals surface area contributed by atoms with Crippen LogP contribution in [0.15, 0.2) is 54.9 Å². The molecule has 3 N–H and O–H groups in total. The van der Waals surface area contributed by atoms with Crippen LogP contribution in [0.1, 0.15) is 0 Å². The highest BCUT2D eigenvalue weighted by molar-refractivity contribution is 5.35. The Morgan fingerprint density at radius 1 is 0.833 bits per heavy atom. The average molecular weight is 160 g/mol. The van der Waals surface area contributed by atoms with E-state index in [-0.39, 0.29) is 0 Å². The topological polar surface area (TPSA) is 41.8 Å². The van der Waals surface area contributed by atoms with E-state index >= 15 is 0 Å². The Hall–Kier alpha value is -1.70. The van der Waals surface area contributed by atoms with Gasteiger partial charge in [0, 0.05) is 18.1 Å². The number of rotatable bonds is 0. The first kappa shape index (κ1) is 8.40. The maximum Gasteiger partial charge on any atom is 0.0313 e. The number of para-hydroxylation sites is 1. The maximum atomic E-state index is 5.36. The van der Waals surface area contributed by atoms with Crippen LogP contribution < -0.4 is 5.73 Å². The van der Waals surface area contributed by atoms with Gasteiger partial charge in [-0.2, -0.15) is 0 Å². The van der Waals surface area contributed by atoms with Gasteiger partial charge in [-0.15, -0.1) is 0 Å². The highest BCUT2D eigenvalue weighted by atomic mass is 14.6. The zero-order valence-electron chi connectivity index (χ0n) is 6.77. The largest absolute Gasteiger partial charge is 0.399 e. The third-order valence-electron chi connectivity index (χ3n) is 1.30. The summed E-state index contributed by atoms with van der Waals surface area (Å²) in [5.41, 5.74) is 6.18. The number of benzene rings is 1. The first-order valence-electron chi connectivity index (χ1n) is 3.78. The van der Waals surface area contributed by atoms with Crippen molar-refractivity contribution in [2.24, 2.45) is 0 Å². The zero-order valence-corrected chi connectivity index (χ0v) is 6.77. The van der Waals surface area contributed by atoms with Crippen molar-refractivity contribution in [2.75, 3.05) is 5.73 Å². The summed E-state index contributed by atoms with van der Waals surface area (Å²) >= 11 is 0. The van der Waals surface area contributed by atoms with Crippen molar-refractivity contribution in [2.45, 2.75) is 0 Å². The molecule has 0 aliphatic carbocycles. The molecule has 12 heavy (non-hydrogen) atoms. The molecule has 0 saturated carbocycles. The smallest absolute Gasteiger partial charge is 0.0313 e. The molecule has 2 heteroatoms. The van der Waals surface area contributed by atoms with Crippen LogP contribution in [0.3, 0.4) is 0 Å². The van der Waals surface area contributed by atoms with Crippen LogP contribution in [0.5, 0.6) is 0 Å². The summed E-state index contributed by atoms with van der Waals surface area (Å²) < 4.78 is 0. The molecule has 0 radical (unpaired) electrons. The molecule has 2 nitrogen and oxygen atoms in total. The summed E-state index contributed by atoms with van der Waals surface area (Å²) in [6.45, 7) is 0. The van der Waals surface area contributed by atoms with E-state index in [1.807, 2.05) is 54.9 Å². The third-order valence-corrected chi connectivity index (χ3v) is 1.30. The highest BCUT2D eigenvalue weighted by Gasteiger charge is 1.72. The molecule has 1 aromatic heterocycles. The molecule has 0 aliphatic rings. The van der Waals surface area contributed by atoms with Crippen LogP contribution >= 0.6 is 0 Å². The molecule has 0 amide bonds. The van der Waals surface area contributed by atoms with E-state index in [4.69, 9.17) is 5.73 Å².